The lowest BCUT2D eigenvalue weighted by Gasteiger charge is -2.12. The molecule has 0 fully saturated rings. The second-order valence-electron chi connectivity index (χ2n) is 8.85. The Balaban J connectivity index is 1.60. The van der Waals surface area contributed by atoms with Gasteiger partial charge in [0.1, 0.15) is 0 Å². The van der Waals surface area contributed by atoms with E-state index in [1.165, 1.54) is 5.56 Å². The topological polar surface area (TPSA) is 20.9 Å². The highest BCUT2D eigenvalue weighted by Gasteiger charge is 2.23. The van der Waals surface area contributed by atoms with Gasteiger partial charge in [-0.15, -0.1) is 0 Å². The summed E-state index contributed by atoms with van der Waals surface area (Å²) in [6.07, 6.45) is 0. The molecule has 4 aromatic carbocycles. The predicted molar refractivity (Wildman–Crippen MR) is 149 cm³/mol. The molecule has 5 rings (SSSR count). The fourth-order valence-electron chi connectivity index (χ4n) is 4.25. The number of nitrogens with zero attached hydrogens (tertiary/aromatic N) is 1. The van der Waals surface area contributed by atoms with Crippen molar-refractivity contribution in [3.05, 3.63) is 144 Å². The molecular weight excluding hydrogens is 458 g/mol. The molecule has 176 valence electrons. The Hall–Kier alpha value is -3.95. The van der Waals surface area contributed by atoms with Gasteiger partial charge in [-0.2, -0.15) is 4.57 Å². The Morgan fingerprint density at radius 1 is 0.667 bits per heavy atom. The van der Waals surface area contributed by atoms with Crippen molar-refractivity contribution in [2.45, 2.75) is 18.5 Å². The zero-order valence-electron chi connectivity index (χ0n) is 20.3. The van der Waals surface area contributed by atoms with Crippen LogP contribution in [0.25, 0.3) is 22.4 Å². The van der Waals surface area contributed by atoms with Crippen molar-refractivity contribution in [2.75, 3.05) is 5.75 Å². The molecule has 36 heavy (non-hydrogen) atoms. The first-order valence-electron chi connectivity index (χ1n) is 12.1. The SMILES string of the molecule is Cc1ccc(C(=O)CSc2cc(-c3ccccc3)cc(-c3ccccc3)[n+]2Cc2ccccc2)cc1. The minimum atomic E-state index is 0.137. The molecule has 0 saturated heterocycles. The Kier molecular flexibility index (Phi) is 7.39. The van der Waals surface area contributed by atoms with Gasteiger partial charge in [-0.3, -0.25) is 4.79 Å². The molecule has 5 aromatic rings. The minimum Gasteiger partial charge on any atom is -0.293 e. The fourth-order valence-corrected chi connectivity index (χ4v) is 5.23. The summed E-state index contributed by atoms with van der Waals surface area (Å²) < 4.78 is 2.34. The van der Waals surface area contributed by atoms with Crippen LogP contribution in [-0.2, 0) is 6.54 Å². The van der Waals surface area contributed by atoms with Crippen molar-refractivity contribution in [3.63, 3.8) is 0 Å². The molecule has 1 aromatic heterocycles. The number of ketones is 1. The normalized spacial score (nSPS) is 10.8. The lowest BCUT2D eigenvalue weighted by Crippen LogP contribution is -2.39. The van der Waals surface area contributed by atoms with Gasteiger partial charge in [0.15, 0.2) is 12.3 Å². The van der Waals surface area contributed by atoms with E-state index in [0.29, 0.717) is 5.75 Å². The predicted octanol–water partition coefficient (Wildman–Crippen LogP) is 7.64. The first-order chi connectivity index (χ1) is 17.7. The summed E-state index contributed by atoms with van der Waals surface area (Å²) >= 11 is 1.60. The molecule has 0 unspecified atom stereocenters. The van der Waals surface area contributed by atoms with Gasteiger partial charge in [-0.05, 0) is 41.9 Å². The summed E-state index contributed by atoms with van der Waals surface area (Å²) in [6.45, 7) is 2.76. The highest BCUT2D eigenvalue weighted by Crippen LogP contribution is 2.29. The van der Waals surface area contributed by atoms with E-state index in [4.69, 9.17) is 0 Å². The van der Waals surface area contributed by atoms with E-state index >= 15 is 0 Å². The molecule has 0 saturated carbocycles. The van der Waals surface area contributed by atoms with Crippen molar-refractivity contribution in [1.82, 2.24) is 0 Å². The first-order valence-corrected chi connectivity index (χ1v) is 13.1. The van der Waals surface area contributed by atoms with Crippen LogP contribution in [0.1, 0.15) is 21.5 Å². The molecule has 1 heterocycles. The Labute approximate surface area is 217 Å². The highest BCUT2D eigenvalue weighted by atomic mass is 32.2. The van der Waals surface area contributed by atoms with E-state index in [0.717, 1.165) is 45.1 Å². The van der Waals surface area contributed by atoms with Crippen molar-refractivity contribution in [1.29, 1.82) is 0 Å². The fraction of sp³-hybridized carbons (Fsp3) is 0.0909. The third-order valence-corrected chi connectivity index (χ3v) is 7.25. The van der Waals surface area contributed by atoms with Crippen LogP contribution in [0, 0.1) is 6.92 Å². The van der Waals surface area contributed by atoms with E-state index in [1.807, 2.05) is 49.4 Å². The van der Waals surface area contributed by atoms with Crippen molar-refractivity contribution in [3.8, 4) is 22.4 Å². The lowest BCUT2D eigenvalue weighted by molar-refractivity contribution is -0.714. The van der Waals surface area contributed by atoms with Crippen LogP contribution >= 0.6 is 11.8 Å². The number of rotatable bonds is 8. The third-order valence-electron chi connectivity index (χ3n) is 6.21. The summed E-state index contributed by atoms with van der Waals surface area (Å²) in [5.41, 5.74) is 7.72. The number of pyridine rings is 1. The van der Waals surface area contributed by atoms with Gasteiger partial charge in [0.05, 0.1) is 5.75 Å². The molecule has 0 bridgehead atoms. The number of aryl methyl sites for hydroxylation is 1. The van der Waals surface area contributed by atoms with Crippen LogP contribution in [0.15, 0.2) is 132 Å². The zero-order valence-corrected chi connectivity index (χ0v) is 21.1. The van der Waals surface area contributed by atoms with Crippen molar-refractivity contribution in [2.24, 2.45) is 0 Å². The number of Topliss-reactive ketones (excluding diaryl/α,β-unsaturated/α-hetero) is 1. The highest BCUT2D eigenvalue weighted by molar-refractivity contribution is 7.99. The van der Waals surface area contributed by atoms with E-state index in [9.17, 15) is 4.79 Å². The van der Waals surface area contributed by atoms with Crippen LogP contribution in [0.3, 0.4) is 0 Å². The molecule has 0 aliphatic rings. The number of thioether (sulfide) groups is 1. The van der Waals surface area contributed by atoms with Crippen molar-refractivity contribution >= 4 is 17.5 Å². The molecule has 2 nitrogen and oxygen atoms in total. The summed E-state index contributed by atoms with van der Waals surface area (Å²) in [4.78, 5) is 13.1. The smallest absolute Gasteiger partial charge is 0.241 e. The molecular formula is C33H28NOS+. The Morgan fingerprint density at radius 2 is 1.25 bits per heavy atom. The largest absolute Gasteiger partial charge is 0.293 e. The summed E-state index contributed by atoms with van der Waals surface area (Å²) in [5.74, 6) is 0.516. The van der Waals surface area contributed by atoms with Crippen LogP contribution in [0.2, 0.25) is 0 Å². The summed E-state index contributed by atoms with van der Waals surface area (Å²) in [6, 6.07) is 43.8. The quantitative estimate of drug-likeness (QED) is 0.128. The molecule has 0 aliphatic heterocycles. The van der Waals surface area contributed by atoms with Crippen LogP contribution in [-0.4, -0.2) is 11.5 Å². The molecule has 0 radical (unpaired) electrons. The second kappa shape index (κ2) is 11.2. The standard InChI is InChI=1S/C33H28NOS/c1-25-17-19-29(20-18-25)32(35)24-36-33-22-30(27-13-7-3-8-14-27)21-31(28-15-9-4-10-16-28)34(33)23-26-11-5-2-6-12-26/h2-22H,23-24H2,1H3/q+1. The average Bonchev–Trinajstić information content (AvgIpc) is 2.94. The molecule has 0 N–H and O–H groups in total. The van der Waals surface area contributed by atoms with Crippen LogP contribution in [0.5, 0.6) is 0 Å². The first kappa shape index (κ1) is 23.8. The molecule has 3 heteroatoms. The number of aromatic nitrogens is 1. The number of hydrogen-bond acceptors (Lipinski definition) is 2. The summed E-state index contributed by atoms with van der Waals surface area (Å²) in [5, 5.41) is 1.07. The van der Waals surface area contributed by atoms with Crippen LogP contribution < -0.4 is 4.57 Å². The number of benzene rings is 4. The van der Waals surface area contributed by atoms with Gasteiger partial charge < -0.3 is 0 Å². The van der Waals surface area contributed by atoms with Gasteiger partial charge in [-0.1, -0.05) is 109 Å². The maximum absolute atomic E-state index is 13.1. The summed E-state index contributed by atoms with van der Waals surface area (Å²) in [7, 11) is 0. The zero-order chi connectivity index (χ0) is 24.7. The van der Waals surface area contributed by atoms with Gasteiger partial charge in [0.25, 0.3) is 0 Å². The third kappa shape index (κ3) is 5.64. The lowest BCUT2D eigenvalue weighted by atomic mass is 10.0. The maximum Gasteiger partial charge on any atom is 0.241 e. The van der Waals surface area contributed by atoms with E-state index in [1.54, 1.807) is 11.8 Å². The van der Waals surface area contributed by atoms with Gasteiger partial charge >= 0.3 is 0 Å². The van der Waals surface area contributed by atoms with Gasteiger partial charge in [0, 0.05) is 28.8 Å². The van der Waals surface area contributed by atoms with E-state index < -0.39 is 0 Å². The van der Waals surface area contributed by atoms with Gasteiger partial charge in [0.2, 0.25) is 10.7 Å². The number of carbonyl (C=O) groups is 1. The molecule has 0 atom stereocenters. The number of carbonyl (C=O) groups excluding carboxylic acids is 1. The average molecular weight is 487 g/mol. The molecule has 0 aliphatic carbocycles. The van der Waals surface area contributed by atoms with Crippen LogP contribution in [0.4, 0.5) is 0 Å². The second-order valence-corrected chi connectivity index (χ2v) is 9.84. The maximum atomic E-state index is 13.1. The van der Waals surface area contributed by atoms with E-state index in [2.05, 4.69) is 89.5 Å². The Morgan fingerprint density at radius 3 is 1.89 bits per heavy atom. The van der Waals surface area contributed by atoms with Crippen molar-refractivity contribution < 1.29 is 9.36 Å². The minimum absolute atomic E-state index is 0.137. The Bertz CT molecular complexity index is 1450. The number of hydrogen-bond donors (Lipinski definition) is 0. The molecule has 0 spiro atoms. The van der Waals surface area contributed by atoms with E-state index in [-0.39, 0.29) is 5.78 Å². The monoisotopic (exact) mass is 486 g/mol. The van der Waals surface area contributed by atoms with Gasteiger partial charge in [-0.25, -0.2) is 0 Å². The molecule has 0 amide bonds.